The molecule has 1 aliphatic rings. The molecule has 0 unspecified atom stereocenters. The fourth-order valence-corrected chi connectivity index (χ4v) is 4.55. The van der Waals surface area contributed by atoms with Crippen molar-refractivity contribution in [2.45, 2.75) is 31.1 Å². The number of amides is 1. The van der Waals surface area contributed by atoms with Crippen molar-refractivity contribution in [3.63, 3.8) is 0 Å². The molecule has 0 bridgehead atoms. The van der Waals surface area contributed by atoms with Crippen LogP contribution in [0, 0.1) is 0 Å². The van der Waals surface area contributed by atoms with Gasteiger partial charge in [-0.25, -0.2) is 8.42 Å². The number of nitrogens with one attached hydrogen (secondary N) is 1. The molecule has 0 fully saturated rings. The van der Waals surface area contributed by atoms with Gasteiger partial charge in [0.1, 0.15) is 4.90 Å². The van der Waals surface area contributed by atoms with Crippen LogP contribution in [0.2, 0.25) is 5.02 Å². The third-order valence-corrected chi connectivity index (χ3v) is 6.06. The topological polar surface area (TPSA) is 66.5 Å². The number of carbonyl (C=O) groups is 1. The van der Waals surface area contributed by atoms with Crippen LogP contribution in [0.3, 0.4) is 0 Å². The number of halogens is 1. The number of hydrogen-bond donors (Lipinski definition) is 1. The molecule has 1 aliphatic heterocycles. The highest BCUT2D eigenvalue weighted by atomic mass is 35.5. The molecule has 0 saturated heterocycles. The Kier molecular flexibility index (Phi) is 5.01. The summed E-state index contributed by atoms with van der Waals surface area (Å²) >= 11 is 6.00. The highest BCUT2D eigenvalue weighted by Crippen LogP contribution is 2.31. The predicted molar refractivity (Wildman–Crippen MR) is 99.7 cm³/mol. The van der Waals surface area contributed by atoms with Crippen molar-refractivity contribution in [1.29, 1.82) is 0 Å². The minimum atomic E-state index is -3.77. The number of hydrogen-bond acceptors (Lipinski definition) is 3. The number of carbonyl (C=O) groups excluding carboxylic acids is 1. The van der Waals surface area contributed by atoms with Gasteiger partial charge in [-0.05, 0) is 48.7 Å². The number of fused-ring (bicyclic) bond motifs is 1. The van der Waals surface area contributed by atoms with Crippen LogP contribution < -0.4 is 9.62 Å². The first-order valence-corrected chi connectivity index (χ1v) is 9.99. The summed E-state index contributed by atoms with van der Waals surface area (Å²) in [6.45, 7) is 2.53. The van der Waals surface area contributed by atoms with Crippen LogP contribution in [0.5, 0.6) is 0 Å². The molecule has 2 aromatic rings. The molecule has 7 heteroatoms. The zero-order valence-electron chi connectivity index (χ0n) is 13.8. The van der Waals surface area contributed by atoms with Gasteiger partial charge in [0.15, 0.2) is 0 Å². The van der Waals surface area contributed by atoms with Gasteiger partial charge < -0.3 is 4.90 Å². The van der Waals surface area contributed by atoms with Crippen LogP contribution in [0.15, 0.2) is 47.4 Å². The lowest BCUT2D eigenvalue weighted by Gasteiger charge is -2.29. The van der Waals surface area contributed by atoms with Gasteiger partial charge in [-0.2, -0.15) is 0 Å². The predicted octanol–water partition coefficient (Wildman–Crippen LogP) is 3.83. The molecule has 25 heavy (non-hydrogen) atoms. The molecule has 0 atom stereocenters. The number of benzene rings is 2. The average Bonchev–Trinajstić information content (AvgIpc) is 2.60. The Morgan fingerprint density at radius 2 is 2.00 bits per heavy atom. The summed E-state index contributed by atoms with van der Waals surface area (Å²) in [5, 5.41) is 0.174. The molecule has 0 radical (unpaired) electrons. The van der Waals surface area contributed by atoms with Crippen molar-refractivity contribution in [1.82, 2.24) is 0 Å². The third kappa shape index (κ3) is 3.65. The first kappa shape index (κ1) is 17.8. The standard InChI is InChI=1S/C18H19ClN2O3S/c1-2-18(22)21-11-5-6-13-12-14(9-10-16(13)21)20-25(23,24)17-8-4-3-7-15(17)19/h3-4,7-10,12,20H,2,5-6,11H2,1H3. The smallest absolute Gasteiger partial charge is 0.263 e. The number of aryl methyl sites for hydroxylation is 1. The van der Waals surface area contributed by atoms with Gasteiger partial charge in [-0.3, -0.25) is 9.52 Å². The number of nitrogens with zero attached hydrogens (tertiary/aromatic N) is 1. The molecule has 1 N–H and O–H groups in total. The molecule has 132 valence electrons. The number of rotatable bonds is 4. The lowest BCUT2D eigenvalue weighted by molar-refractivity contribution is -0.118. The van der Waals surface area contributed by atoms with Crippen LogP contribution in [0.4, 0.5) is 11.4 Å². The van der Waals surface area contributed by atoms with E-state index >= 15 is 0 Å². The van der Waals surface area contributed by atoms with Crippen LogP contribution in [-0.2, 0) is 21.2 Å². The van der Waals surface area contributed by atoms with Crippen LogP contribution in [0.25, 0.3) is 0 Å². The lowest BCUT2D eigenvalue weighted by atomic mass is 10.0. The van der Waals surface area contributed by atoms with Gasteiger partial charge >= 0.3 is 0 Å². The second kappa shape index (κ2) is 7.06. The van der Waals surface area contributed by atoms with Crippen molar-refractivity contribution in [3.8, 4) is 0 Å². The van der Waals surface area contributed by atoms with Gasteiger partial charge in [-0.1, -0.05) is 30.7 Å². The second-order valence-corrected chi connectivity index (χ2v) is 7.94. The normalized spacial score (nSPS) is 14.1. The Hall–Kier alpha value is -2.05. The van der Waals surface area contributed by atoms with Crippen molar-refractivity contribution < 1.29 is 13.2 Å². The van der Waals surface area contributed by atoms with E-state index in [4.69, 9.17) is 11.6 Å². The van der Waals surface area contributed by atoms with E-state index in [9.17, 15) is 13.2 Å². The third-order valence-electron chi connectivity index (χ3n) is 4.18. The SMILES string of the molecule is CCC(=O)N1CCCc2cc(NS(=O)(=O)c3ccccc3Cl)ccc21. The molecule has 0 aromatic heterocycles. The molecular weight excluding hydrogens is 360 g/mol. The van der Waals surface area contributed by atoms with E-state index in [1.807, 2.05) is 6.92 Å². The quantitative estimate of drug-likeness (QED) is 0.879. The van der Waals surface area contributed by atoms with Gasteiger partial charge in [0, 0.05) is 24.3 Å². The zero-order chi connectivity index (χ0) is 18.0. The van der Waals surface area contributed by atoms with Crippen LogP contribution >= 0.6 is 11.6 Å². The number of sulfonamides is 1. The first-order valence-electron chi connectivity index (χ1n) is 8.13. The summed E-state index contributed by atoms with van der Waals surface area (Å²) in [6, 6.07) is 11.6. The summed E-state index contributed by atoms with van der Waals surface area (Å²) < 4.78 is 27.7. The Labute approximate surface area is 152 Å². The largest absolute Gasteiger partial charge is 0.312 e. The first-order chi connectivity index (χ1) is 11.9. The molecule has 0 saturated carbocycles. The molecule has 3 rings (SSSR count). The van der Waals surface area contributed by atoms with E-state index in [-0.39, 0.29) is 15.8 Å². The molecule has 1 heterocycles. The Bertz CT molecular complexity index is 912. The van der Waals surface area contributed by atoms with Crippen molar-refractivity contribution in [2.24, 2.45) is 0 Å². The maximum atomic E-state index is 12.5. The Balaban J connectivity index is 1.90. The molecule has 0 aliphatic carbocycles. The van der Waals surface area contributed by atoms with E-state index in [0.29, 0.717) is 18.7 Å². The Morgan fingerprint density at radius 3 is 2.72 bits per heavy atom. The van der Waals surface area contributed by atoms with E-state index in [1.165, 1.54) is 12.1 Å². The van der Waals surface area contributed by atoms with Gasteiger partial charge in [0.2, 0.25) is 5.91 Å². The summed E-state index contributed by atoms with van der Waals surface area (Å²) in [5.41, 5.74) is 2.29. The average molecular weight is 379 g/mol. The zero-order valence-corrected chi connectivity index (χ0v) is 15.4. The van der Waals surface area contributed by atoms with Gasteiger partial charge in [0.25, 0.3) is 10.0 Å². The minimum Gasteiger partial charge on any atom is -0.312 e. The van der Waals surface area contributed by atoms with Crippen molar-refractivity contribution >= 4 is 38.9 Å². The fourth-order valence-electron chi connectivity index (χ4n) is 2.98. The fraction of sp³-hybridized carbons (Fsp3) is 0.278. The highest BCUT2D eigenvalue weighted by Gasteiger charge is 2.23. The summed E-state index contributed by atoms with van der Waals surface area (Å²) in [7, 11) is -3.77. The van der Waals surface area contributed by atoms with E-state index < -0.39 is 10.0 Å². The molecule has 0 spiro atoms. The van der Waals surface area contributed by atoms with Gasteiger partial charge in [-0.15, -0.1) is 0 Å². The maximum absolute atomic E-state index is 12.5. The minimum absolute atomic E-state index is 0.0391. The van der Waals surface area contributed by atoms with Crippen molar-refractivity contribution in [2.75, 3.05) is 16.2 Å². The van der Waals surface area contributed by atoms with Crippen LogP contribution in [-0.4, -0.2) is 20.9 Å². The highest BCUT2D eigenvalue weighted by molar-refractivity contribution is 7.92. The lowest BCUT2D eigenvalue weighted by Crippen LogP contribution is -2.34. The second-order valence-electron chi connectivity index (χ2n) is 5.88. The molecule has 5 nitrogen and oxygen atoms in total. The van der Waals surface area contributed by atoms with Gasteiger partial charge in [0.05, 0.1) is 5.02 Å². The monoisotopic (exact) mass is 378 g/mol. The maximum Gasteiger partial charge on any atom is 0.263 e. The summed E-state index contributed by atoms with van der Waals surface area (Å²) in [6.07, 6.45) is 2.12. The summed E-state index contributed by atoms with van der Waals surface area (Å²) in [4.78, 5) is 13.9. The van der Waals surface area contributed by atoms with E-state index in [0.717, 1.165) is 24.1 Å². The van der Waals surface area contributed by atoms with E-state index in [2.05, 4.69) is 4.72 Å². The van der Waals surface area contributed by atoms with Crippen LogP contribution in [0.1, 0.15) is 25.3 Å². The van der Waals surface area contributed by atoms with E-state index in [1.54, 1.807) is 35.2 Å². The Morgan fingerprint density at radius 1 is 1.24 bits per heavy atom. The molecule has 1 amide bonds. The molecule has 2 aromatic carbocycles. The number of anilines is 2. The summed E-state index contributed by atoms with van der Waals surface area (Å²) in [5.74, 6) is 0.0744. The van der Waals surface area contributed by atoms with Crippen molar-refractivity contribution in [3.05, 3.63) is 53.1 Å². The molecular formula is C18H19ClN2O3S.